The number of methoxy groups -OCH3 is 1. The van der Waals surface area contributed by atoms with Crippen molar-refractivity contribution in [1.29, 1.82) is 0 Å². The first-order chi connectivity index (χ1) is 22.4. The molecular weight excluding hydrogens is 612 g/mol. The SMILES string of the molecule is COC(=O)N1CC2(CC(c3nc(-c4ccc(C)c(NC(=O)c5cnn6ccc(N7CC8(C7)CC(O)(CC(F)F)C8)cc56)c4)no3)C2)C1. The number of alkyl halides is 2. The zero-order valence-corrected chi connectivity index (χ0v) is 26.1. The van der Waals surface area contributed by atoms with Gasteiger partial charge in [-0.25, -0.2) is 18.1 Å². The van der Waals surface area contributed by atoms with Crippen molar-refractivity contribution in [3.63, 3.8) is 0 Å². The number of aryl methyl sites for hydroxylation is 1. The lowest BCUT2D eigenvalue weighted by Gasteiger charge is -2.63. The molecule has 2 aliphatic heterocycles. The van der Waals surface area contributed by atoms with E-state index in [0.29, 0.717) is 73.1 Å². The van der Waals surface area contributed by atoms with E-state index < -0.39 is 18.4 Å². The van der Waals surface area contributed by atoms with Crippen molar-refractivity contribution in [3.8, 4) is 11.4 Å². The van der Waals surface area contributed by atoms with Gasteiger partial charge >= 0.3 is 6.09 Å². The normalized spacial score (nSPS) is 20.6. The standard InChI is InChI=1S/C33H35F2N7O5/c1-19-3-4-20(27-38-29(47-39-27)21-9-31(10-21)15-41(16-31)30(44)46-2)7-24(19)37-28(43)23-12-36-42-6-5-22(8-25(23)42)40-17-32(18-40)13-33(45,14-32)11-26(34)35/h3-8,12,21,26,45H,9-11,13-18H2,1-2H3,(H,37,43). The molecule has 2 saturated heterocycles. The van der Waals surface area contributed by atoms with Crippen LogP contribution >= 0.6 is 0 Å². The number of nitrogens with zero attached hydrogens (tertiary/aromatic N) is 6. The number of amides is 2. The Bertz CT molecular complexity index is 1880. The average molecular weight is 648 g/mol. The van der Waals surface area contributed by atoms with E-state index in [9.17, 15) is 23.5 Å². The summed E-state index contributed by atoms with van der Waals surface area (Å²) in [6.07, 6.45) is 2.56. The zero-order valence-electron chi connectivity index (χ0n) is 26.1. The van der Waals surface area contributed by atoms with Gasteiger partial charge in [-0.05, 0) is 56.4 Å². The monoisotopic (exact) mass is 647 g/mol. The van der Waals surface area contributed by atoms with Gasteiger partial charge in [-0.1, -0.05) is 17.3 Å². The Morgan fingerprint density at radius 3 is 2.62 bits per heavy atom. The molecule has 12 nitrogen and oxygen atoms in total. The number of aliphatic hydroxyl groups is 1. The second kappa shape index (κ2) is 10.5. The molecule has 0 bridgehead atoms. The summed E-state index contributed by atoms with van der Waals surface area (Å²) in [6.45, 7) is 4.61. The van der Waals surface area contributed by atoms with Gasteiger partial charge in [-0.15, -0.1) is 0 Å². The van der Waals surface area contributed by atoms with Crippen LogP contribution in [-0.4, -0.2) is 87.1 Å². The van der Waals surface area contributed by atoms with Crippen molar-refractivity contribution in [1.82, 2.24) is 24.7 Å². The topological polar surface area (TPSA) is 138 Å². The van der Waals surface area contributed by atoms with E-state index in [2.05, 4.69) is 25.5 Å². The molecule has 4 aromatic rings. The Kier molecular flexibility index (Phi) is 6.63. The molecular formula is C33H35F2N7O5. The number of carbonyl (C=O) groups excluding carboxylic acids is 2. The highest BCUT2D eigenvalue weighted by molar-refractivity contribution is 6.09. The van der Waals surface area contributed by atoms with Gasteiger partial charge in [0.2, 0.25) is 18.1 Å². The second-order valence-electron chi connectivity index (χ2n) is 14.2. The Hall–Kier alpha value is -4.59. The molecule has 2 aliphatic carbocycles. The number of nitrogens with one attached hydrogen (secondary N) is 1. The average Bonchev–Trinajstić information content (AvgIpc) is 3.61. The molecule has 14 heteroatoms. The van der Waals surface area contributed by atoms with Gasteiger partial charge in [0.1, 0.15) is 0 Å². The number of aromatic nitrogens is 4. The maximum absolute atomic E-state index is 13.5. The highest BCUT2D eigenvalue weighted by Crippen LogP contribution is 2.57. The summed E-state index contributed by atoms with van der Waals surface area (Å²) in [7, 11) is 1.39. The molecule has 246 valence electrons. The van der Waals surface area contributed by atoms with Crippen LogP contribution in [0.3, 0.4) is 0 Å². The van der Waals surface area contributed by atoms with Crippen molar-refractivity contribution < 1.29 is 32.7 Å². The summed E-state index contributed by atoms with van der Waals surface area (Å²) in [5, 5.41) is 22.0. The third-order valence-electron chi connectivity index (χ3n) is 10.5. The number of hydrogen-bond donors (Lipinski definition) is 2. The minimum Gasteiger partial charge on any atom is -0.453 e. The van der Waals surface area contributed by atoms with Crippen molar-refractivity contribution in [2.45, 2.75) is 57.0 Å². The molecule has 0 unspecified atom stereocenters. The van der Waals surface area contributed by atoms with E-state index in [-0.39, 0.29) is 28.7 Å². The number of hydrogen-bond acceptors (Lipinski definition) is 9. The van der Waals surface area contributed by atoms with Crippen molar-refractivity contribution in [2.75, 3.05) is 43.5 Å². The smallest absolute Gasteiger partial charge is 0.409 e. The molecule has 0 atom stereocenters. The summed E-state index contributed by atoms with van der Waals surface area (Å²) < 4.78 is 37.7. The number of anilines is 2. The predicted octanol–water partition coefficient (Wildman–Crippen LogP) is 4.88. The third-order valence-corrected chi connectivity index (χ3v) is 10.5. The fourth-order valence-corrected chi connectivity index (χ4v) is 8.33. The highest BCUT2D eigenvalue weighted by atomic mass is 19.3. The van der Waals surface area contributed by atoms with Gasteiger partial charge < -0.3 is 29.5 Å². The van der Waals surface area contributed by atoms with E-state index in [1.807, 2.05) is 37.3 Å². The van der Waals surface area contributed by atoms with Crippen molar-refractivity contribution >= 4 is 28.9 Å². The lowest BCUT2D eigenvalue weighted by molar-refractivity contribution is -0.161. The van der Waals surface area contributed by atoms with E-state index in [1.165, 1.54) is 13.3 Å². The van der Waals surface area contributed by atoms with Crippen LogP contribution in [0.1, 0.15) is 59.8 Å². The van der Waals surface area contributed by atoms with Gasteiger partial charge in [-0.2, -0.15) is 10.1 Å². The number of fused-ring (bicyclic) bond motifs is 1. The first-order valence-electron chi connectivity index (χ1n) is 15.8. The highest BCUT2D eigenvalue weighted by Gasteiger charge is 2.60. The summed E-state index contributed by atoms with van der Waals surface area (Å²) in [4.78, 5) is 33.7. The molecule has 2 N–H and O–H groups in total. The summed E-state index contributed by atoms with van der Waals surface area (Å²) in [5.41, 5.74) is 2.83. The van der Waals surface area contributed by atoms with Crippen LogP contribution in [0.15, 0.2) is 47.2 Å². The molecule has 4 aliphatic rings. The van der Waals surface area contributed by atoms with Crippen LogP contribution in [0.25, 0.3) is 16.9 Å². The largest absolute Gasteiger partial charge is 0.453 e. The van der Waals surface area contributed by atoms with Crippen molar-refractivity contribution in [2.24, 2.45) is 10.8 Å². The van der Waals surface area contributed by atoms with Gasteiger partial charge in [0, 0.05) is 72.5 Å². The molecule has 8 rings (SSSR count). The van der Waals surface area contributed by atoms with Gasteiger partial charge in [0.15, 0.2) is 0 Å². The number of halogens is 2. The van der Waals surface area contributed by atoms with E-state index in [0.717, 1.165) is 24.1 Å². The Morgan fingerprint density at radius 1 is 1.13 bits per heavy atom. The van der Waals surface area contributed by atoms with E-state index in [4.69, 9.17) is 9.26 Å². The van der Waals surface area contributed by atoms with Crippen LogP contribution in [0.2, 0.25) is 0 Å². The molecule has 2 saturated carbocycles. The van der Waals surface area contributed by atoms with Crippen LogP contribution in [-0.2, 0) is 4.74 Å². The molecule has 5 heterocycles. The molecule has 47 heavy (non-hydrogen) atoms. The second-order valence-corrected chi connectivity index (χ2v) is 14.2. The zero-order chi connectivity index (χ0) is 32.7. The predicted molar refractivity (Wildman–Crippen MR) is 165 cm³/mol. The van der Waals surface area contributed by atoms with E-state index in [1.54, 1.807) is 15.6 Å². The first-order valence-corrected chi connectivity index (χ1v) is 15.8. The van der Waals surface area contributed by atoms with Gasteiger partial charge in [0.05, 0.1) is 30.0 Å². The fraction of sp³-hybridized carbons (Fsp3) is 0.485. The molecule has 4 fully saturated rings. The molecule has 2 spiro atoms. The lowest BCUT2D eigenvalue weighted by atomic mass is 9.54. The van der Waals surface area contributed by atoms with Crippen LogP contribution in [0, 0.1) is 17.8 Å². The minimum absolute atomic E-state index is 0.104. The van der Waals surface area contributed by atoms with Gasteiger partial charge in [-0.3, -0.25) is 4.79 Å². The maximum Gasteiger partial charge on any atom is 0.409 e. The number of carbonyl (C=O) groups is 2. The number of rotatable bonds is 7. The maximum atomic E-state index is 13.5. The molecule has 1 aromatic carbocycles. The molecule has 2 amide bonds. The number of ether oxygens (including phenoxy) is 1. The number of likely N-dealkylation sites (tertiary alicyclic amines) is 1. The van der Waals surface area contributed by atoms with E-state index >= 15 is 0 Å². The quantitative estimate of drug-likeness (QED) is 0.288. The third kappa shape index (κ3) is 5.09. The summed E-state index contributed by atoms with van der Waals surface area (Å²) in [6, 6.07) is 9.43. The van der Waals surface area contributed by atoms with Crippen molar-refractivity contribution in [3.05, 3.63) is 59.7 Å². The van der Waals surface area contributed by atoms with Crippen LogP contribution in [0.5, 0.6) is 0 Å². The fourth-order valence-electron chi connectivity index (χ4n) is 8.33. The minimum atomic E-state index is -2.51. The molecule has 0 radical (unpaired) electrons. The number of benzene rings is 1. The first kappa shape index (κ1) is 29.8. The molecule has 3 aromatic heterocycles. The van der Waals surface area contributed by atoms with Gasteiger partial charge in [0.25, 0.3) is 5.91 Å². The Morgan fingerprint density at radius 2 is 1.89 bits per heavy atom. The summed E-state index contributed by atoms with van der Waals surface area (Å²) >= 11 is 0. The summed E-state index contributed by atoms with van der Waals surface area (Å²) in [5.74, 6) is 0.840. The van der Waals surface area contributed by atoms with Crippen LogP contribution in [0.4, 0.5) is 25.0 Å². The number of pyridine rings is 1. The Balaban J connectivity index is 0.924. The Labute approximate surface area is 268 Å². The van der Waals surface area contributed by atoms with Crippen LogP contribution < -0.4 is 10.2 Å². The lowest BCUT2D eigenvalue weighted by Crippen LogP contribution is -2.68.